The van der Waals surface area contributed by atoms with Crippen molar-refractivity contribution in [2.24, 2.45) is 5.92 Å². The fourth-order valence-corrected chi connectivity index (χ4v) is 2.92. The average molecular weight is 339 g/mol. The third kappa shape index (κ3) is 3.71. The Morgan fingerprint density at radius 3 is 2.44 bits per heavy atom. The van der Waals surface area contributed by atoms with Crippen LogP contribution in [0.1, 0.15) is 26.7 Å². The predicted octanol–water partition coefficient (Wildman–Crippen LogP) is 4.99. The van der Waals surface area contributed by atoms with E-state index in [1.807, 2.05) is 6.07 Å². The fourth-order valence-electron chi connectivity index (χ4n) is 2.92. The molecule has 4 nitrogen and oxygen atoms in total. The number of fused-ring (bicyclic) bond motifs is 1. The van der Waals surface area contributed by atoms with Crippen molar-refractivity contribution in [1.82, 2.24) is 9.97 Å². The quantitative estimate of drug-likeness (QED) is 0.664. The van der Waals surface area contributed by atoms with Crippen molar-refractivity contribution in [2.75, 3.05) is 11.9 Å². The topological polar surface area (TPSA) is 58.0 Å². The Bertz CT molecular complexity index is 861. The standard InChI is InChI=1S/C20H22FN3O/c1-3-13(4-2)11-22-20-17-9-15(14-5-7-16(21)8-6-14)10-18(25)19(17)23-12-24-20/h5-10,12-13,25H,3-4,11H2,1-2H3,(H,22,23,24). The molecule has 5 heteroatoms. The molecule has 0 amide bonds. The molecular formula is C20H22FN3O. The molecule has 0 unspecified atom stereocenters. The van der Waals surface area contributed by atoms with Gasteiger partial charge in [0, 0.05) is 11.9 Å². The van der Waals surface area contributed by atoms with Crippen molar-refractivity contribution in [3.8, 4) is 16.9 Å². The largest absolute Gasteiger partial charge is 0.506 e. The summed E-state index contributed by atoms with van der Waals surface area (Å²) in [7, 11) is 0. The Labute approximate surface area is 146 Å². The summed E-state index contributed by atoms with van der Waals surface area (Å²) < 4.78 is 13.2. The molecule has 1 aromatic heterocycles. The van der Waals surface area contributed by atoms with Crippen LogP contribution >= 0.6 is 0 Å². The molecule has 0 aliphatic rings. The predicted molar refractivity (Wildman–Crippen MR) is 99.2 cm³/mol. The number of phenols is 1. The number of benzene rings is 2. The summed E-state index contributed by atoms with van der Waals surface area (Å²) in [5, 5.41) is 14.5. The molecule has 0 saturated heterocycles. The molecule has 0 aliphatic heterocycles. The van der Waals surface area contributed by atoms with Gasteiger partial charge in [-0.05, 0) is 41.3 Å². The molecular weight excluding hydrogens is 317 g/mol. The van der Waals surface area contributed by atoms with Gasteiger partial charge in [0.25, 0.3) is 0 Å². The Balaban J connectivity index is 2.02. The molecule has 0 spiro atoms. The second-order valence-corrected chi connectivity index (χ2v) is 6.18. The van der Waals surface area contributed by atoms with Crippen LogP contribution in [0.3, 0.4) is 0 Å². The maximum atomic E-state index is 13.2. The zero-order valence-electron chi connectivity index (χ0n) is 14.5. The highest BCUT2D eigenvalue weighted by atomic mass is 19.1. The lowest BCUT2D eigenvalue weighted by atomic mass is 10.0. The molecule has 0 saturated carbocycles. The normalized spacial score (nSPS) is 11.2. The van der Waals surface area contributed by atoms with Crippen LogP contribution in [-0.2, 0) is 0 Å². The summed E-state index contributed by atoms with van der Waals surface area (Å²) in [6.07, 6.45) is 3.64. The van der Waals surface area contributed by atoms with Crippen molar-refractivity contribution < 1.29 is 9.50 Å². The lowest BCUT2D eigenvalue weighted by Crippen LogP contribution is -2.13. The number of halogens is 1. The van der Waals surface area contributed by atoms with E-state index < -0.39 is 0 Å². The molecule has 0 radical (unpaired) electrons. The van der Waals surface area contributed by atoms with E-state index in [-0.39, 0.29) is 11.6 Å². The zero-order valence-corrected chi connectivity index (χ0v) is 14.5. The van der Waals surface area contributed by atoms with Crippen molar-refractivity contribution >= 4 is 16.7 Å². The van der Waals surface area contributed by atoms with Gasteiger partial charge in [-0.1, -0.05) is 38.8 Å². The number of nitrogens with zero attached hydrogens (tertiary/aromatic N) is 2. The maximum absolute atomic E-state index is 13.2. The van der Waals surface area contributed by atoms with Gasteiger partial charge in [0.15, 0.2) is 0 Å². The van der Waals surface area contributed by atoms with Gasteiger partial charge in [-0.15, -0.1) is 0 Å². The first kappa shape index (κ1) is 17.1. The maximum Gasteiger partial charge on any atom is 0.142 e. The van der Waals surface area contributed by atoms with Crippen LogP contribution in [0.2, 0.25) is 0 Å². The van der Waals surface area contributed by atoms with Crippen molar-refractivity contribution in [3.05, 3.63) is 48.5 Å². The minimum absolute atomic E-state index is 0.0878. The number of nitrogens with one attached hydrogen (secondary N) is 1. The summed E-state index contributed by atoms with van der Waals surface area (Å²) in [6.45, 7) is 5.17. The smallest absolute Gasteiger partial charge is 0.142 e. The Kier molecular flexibility index (Phi) is 5.12. The van der Waals surface area contributed by atoms with Crippen molar-refractivity contribution in [2.45, 2.75) is 26.7 Å². The van der Waals surface area contributed by atoms with Gasteiger partial charge >= 0.3 is 0 Å². The van der Waals surface area contributed by atoms with E-state index in [1.165, 1.54) is 18.5 Å². The number of rotatable bonds is 6. The van der Waals surface area contributed by atoms with Crippen molar-refractivity contribution in [1.29, 1.82) is 0 Å². The molecule has 0 bridgehead atoms. The summed E-state index contributed by atoms with van der Waals surface area (Å²) in [4.78, 5) is 8.54. The summed E-state index contributed by atoms with van der Waals surface area (Å²) in [5.74, 6) is 1.07. The van der Waals surface area contributed by atoms with Crippen molar-refractivity contribution in [3.63, 3.8) is 0 Å². The highest BCUT2D eigenvalue weighted by Crippen LogP contribution is 2.33. The molecule has 1 heterocycles. The number of phenolic OH excluding ortho intramolecular Hbond substituents is 1. The SMILES string of the molecule is CCC(CC)CNc1ncnc2c(O)cc(-c3ccc(F)cc3)cc12. The van der Waals surface area contributed by atoms with Gasteiger partial charge in [-0.3, -0.25) is 0 Å². The lowest BCUT2D eigenvalue weighted by molar-refractivity contribution is 0.480. The van der Waals surface area contributed by atoms with E-state index in [9.17, 15) is 9.50 Å². The number of hydrogen-bond acceptors (Lipinski definition) is 4. The molecule has 2 N–H and O–H groups in total. The zero-order chi connectivity index (χ0) is 17.8. The highest BCUT2D eigenvalue weighted by molar-refractivity contribution is 5.96. The second kappa shape index (κ2) is 7.47. The van der Waals surface area contributed by atoms with Crippen LogP contribution < -0.4 is 5.32 Å². The van der Waals surface area contributed by atoms with Crippen LogP contribution in [0.25, 0.3) is 22.0 Å². The van der Waals surface area contributed by atoms with E-state index in [1.54, 1.807) is 18.2 Å². The number of aromatic nitrogens is 2. The third-order valence-electron chi connectivity index (χ3n) is 4.61. The molecule has 130 valence electrons. The minimum Gasteiger partial charge on any atom is -0.506 e. The number of aromatic hydroxyl groups is 1. The summed E-state index contributed by atoms with van der Waals surface area (Å²) in [6, 6.07) is 9.77. The lowest BCUT2D eigenvalue weighted by Gasteiger charge is -2.15. The van der Waals surface area contributed by atoms with E-state index in [4.69, 9.17) is 0 Å². The van der Waals surface area contributed by atoms with Gasteiger partial charge in [-0.25, -0.2) is 14.4 Å². The van der Waals surface area contributed by atoms with Gasteiger partial charge in [0.1, 0.15) is 29.2 Å². The van der Waals surface area contributed by atoms with Crippen LogP contribution in [-0.4, -0.2) is 21.6 Å². The first-order valence-electron chi connectivity index (χ1n) is 8.59. The Hall–Kier alpha value is -2.69. The molecule has 0 atom stereocenters. The Morgan fingerprint density at radius 2 is 1.76 bits per heavy atom. The van der Waals surface area contributed by atoms with Crippen LogP contribution in [0, 0.1) is 11.7 Å². The highest BCUT2D eigenvalue weighted by Gasteiger charge is 2.12. The number of anilines is 1. The molecule has 3 rings (SSSR count). The first-order valence-corrected chi connectivity index (χ1v) is 8.59. The monoisotopic (exact) mass is 339 g/mol. The van der Waals surface area contributed by atoms with Gasteiger partial charge < -0.3 is 10.4 Å². The van der Waals surface area contributed by atoms with E-state index in [0.29, 0.717) is 17.3 Å². The van der Waals surface area contributed by atoms with Crippen LogP contribution in [0.15, 0.2) is 42.7 Å². The third-order valence-corrected chi connectivity index (χ3v) is 4.61. The molecule has 25 heavy (non-hydrogen) atoms. The van der Waals surface area contributed by atoms with Gasteiger partial charge in [-0.2, -0.15) is 0 Å². The molecule has 0 aliphatic carbocycles. The van der Waals surface area contributed by atoms with Gasteiger partial charge in [0.2, 0.25) is 0 Å². The van der Waals surface area contributed by atoms with E-state index in [0.717, 1.165) is 35.9 Å². The minimum atomic E-state index is -0.287. The van der Waals surface area contributed by atoms with E-state index >= 15 is 0 Å². The van der Waals surface area contributed by atoms with E-state index in [2.05, 4.69) is 29.1 Å². The molecule has 2 aromatic carbocycles. The first-order chi connectivity index (χ1) is 12.1. The van der Waals surface area contributed by atoms with Crippen LogP contribution in [0.4, 0.5) is 10.2 Å². The fraction of sp³-hybridized carbons (Fsp3) is 0.300. The average Bonchev–Trinajstić information content (AvgIpc) is 2.63. The van der Waals surface area contributed by atoms with Crippen LogP contribution in [0.5, 0.6) is 5.75 Å². The summed E-state index contributed by atoms with van der Waals surface area (Å²) >= 11 is 0. The number of hydrogen-bond donors (Lipinski definition) is 2. The second-order valence-electron chi connectivity index (χ2n) is 6.18. The molecule has 0 fully saturated rings. The van der Waals surface area contributed by atoms with Gasteiger partial charge in [0.05, 0.1) is 0 Å². The Morgan fingerprint density at radius 1 is 1.04 bits per heavy atom. The molecule has 3 aromatic rings. The summed E-state index contributed by atoms with van der Waals surface area (Å²) in [5.41, 5.74) is 2.13.